The van der Waals surface area contributed by atoms with Crippen molar-refractivity contribution in [2.75, 3.05) is 6.61 Å². The van der Waals surface area contributed by atoms with E-state index in [1.807, 2.05) is 12.1 Å². The van der Waals surface area contributed by atoms with E-state index in [1.165, 1.54) is 0 Å². The van der Waals surface area contributed by atoms with Crippen LogP contribution in [-0.2, 0) is 6.54 Å². The minimum Gasteiger partial charge on any atom is -0.395 e. The minimum absolute atomic E-state index is 0.0370. The molecule has 2 aromatic rings. The molecular formula is C16H15N3O2. The topological polar surface area (TPSA) is 75.1 Å². The average molecular weight is 281 g/mol. The van der Waals surface area contributed by atoms with Gasteiger partial charge in [-0.1, -0.05) is 17.9 Å². The number of amides is 1. The van der Waals surface area contributed by atoms with Gasteiger partial charge >= 0.3 is 0 Å². The van der Waals surface area contributed by atoms with Gasteiger partial charge < -0.3 is 10.4 Å². The molecule has 0 saturated carbocycles. The SMILES string of the molecule is O=C(NCc1cccnc1)c1ccc(C#CCCO)cn1. The van der Waals surface area contributed by atoms with Crippen LogP contribution in [0.1, 0.15) is 28.0 Å². The largest absolute Gasteiger partial charge is 0.395 e. The molecule has 0 aliphatic heterocycles. The molecule has 5 nitrogen and oxygen atoms in total. The van der Waals surface area contributed by atoms with E-state index in [2.05, 4.69) is 27.1 Å². The summed E-state index contributed by atoms with van der Waals surface area (Å²) in [6, 6.07) is 7.07. The lowest BCUT2D eigenvalue weighted by atomic mass is 10.2. The van der Waals surface area contributed by atoms with E-state index in [9.17, 15) is 4.79 Å². The normalized spacial score (nSPS) is 9.57. The molecule has 2 rings (SSSR count). The molecule has 0 aromatic carbocycles. The van der Waals surface area contributed by atoms with E-state index in [0.717, 1.165) is 5.56 Å². The third-order valence-electron chi connectivity index (χ3n) is 2.64. The number of aliphatic hydroxyl groups excluding tert-OH is 1. The van der Waals surface area contributed by atoms with Gasteiger partial charge in [-0.25, -0.2) is 4.98 Å². The van der Waals surface area contributed by atoms with Gasteiger partial charge in [0.25, 0.3) is 5.91 Å². The molecule has 0 aliphatic rings. The number of hydrogen-bond acceptors (Lipinski definition) is 4. The Morgan fingerprint density at radius 1 is 1.29 bits per heavy atom. The highest BCUT2D eigenvalue weighted by atomic mass is 16.2. The molecule has 0 fully saturated rings. The molecule has 0 aliphatic carbocycles. The monoisotopic (exact) mass is 281 g/mol. The Kier molecular flexibility index (Phi) is 5.44. The third kappa shape index (κ3) is 4.71. The predicted octanol–water partition coefficient (Wildman–Crippen LogP) is 1.14. The lowest BCUT2D eigenvalue weighted by molar-refractivity contribution is 0.0946. The predicted molar refractivity (Wildman–Crippen MR) is 78.2 cm³/mol. The molecule has 0 radical (unpaired) electrons. The van der Waals surface area contributed by atoms with Gasteiger partial charge in [0.2, 0.25) is 0 Å². The summed E-state index contributed by atoms with van der Waals surface area (Å²) in [5.74, 6) is 5.41. The van der Waals surface area contributed by atoms with Crippen LogP contribution in [0.2, 0.25) is 0 Å². The van der Waals surface area contributed by atoms with Crippen molar-refractivity contribution in [1.29, 1.82) is 0 Å². The second-order valence-electron chi connectivity index (χ2n) is 4.25. The molecular weight excluding hydrogens is 266 g/mol. The van der Waals surface area contributed by atoms with Crippen LogP contribution in [0.15, 0.2) is 42.9 Å². The van der Waals surface area contributed by atoms with Crippen LogP contribution in [0.25, 0.3) is 0 Å². The lowest BCUT2D eigenvalue weighted by Gasteiger charge is -2.04. The van der Waals surface area contributed by atoms with Crippen LogP contribution >= 0.6 is 0 Å². The van der Waals surface area contributed by atoms with E-state index >= 15 is 0 Å². The van der Waals surface area contributed by atoms with Crippen molar-refractivity contribution >= 4 is 5.91 Å². The number of rotatable bonds is 4. The Morgan fingerprint density at radius 3 is 2.86 bits per heavy atom. The van der Waals surface area contributed by atoms with E-state index in [-0.39, 0.29) is 12.5 Å². The molecule has 2 heterocycles. The van der Waals surface area contributed by atoms with E-state index < -0.39 is 0 Å². The average Bonchev–Trinajstić information content (AvgIpc) is 2.54. The van der Waals surface area contributed by atoms with Gasteiger partial charge in [0.05, 0.1) is 6.61 Å². The molecule has 0 unspecified atom stereocenters. The zero-order valence-corrected chi connectivity index (χ0v) is 11.4. The van der Waals surface area contributed by atoms with Gasteiger partial charge in [-0.3, -0.25) is 9.78 Å². The van der Waals surface area contributed by atoms with Crippen molar-refractivity contribution in [3.8, 4) is 11.8 Å². The van der Waals surface area contributed by atoms with Crippen molar-refractivity contribution in [2.24, 2.45) is 0 Å². The molecule has 106 valence electrons. The molecule has 0 spiro atoms. The molecule has 2 N–H and O–H groups in total. The highest BCUT2D eigenvalue weighted by Crippen LogP contribution is 2.00. The van der Waals surface area contributed by atoms with Gasteiger partial charge in [-0.05, 0) is 23.8 Å². The third-order valence-corrected chi connectivity index (χ3v) is 2.64. The number of nitrogens with one attached hydrogen (secondary N) is 1. The summed E-state index contributed by atoms with van der Waals surface area (Å²) in [6.07, 6.45) is 5.35. The molecule has 2 aromatic heterocycles. The molecule has 0 atom stereocenters. The molecule has 21 heavy (non-hydrogen) atoms. The summed E-state index contributed by atoms with van der Waals surface area (Å²) >= 11 is 0. The standard InChI is InChI=1S/C16H15N3O2/c20-9-2-1-4-13-6-7-15(18-11-13)16(21)19-12-14-5-3-8-17-10-14/h3,5-8,10-11,20H,2,9,12H2,(H,19,21). The van der Waals surface area contributed by atoms with Crippen LogP contribution in [0, 0.1) is 11.8 Å². The van der Waals surface area contributed by atoms with Gasteiger partial charge in [0.15, 0.2) is 0 Å². The first kappa shape index (κ1) is 14.7. The maximum Gasteiger partial charge on any atom is 0.270 e. The van der Waals surface area contributed by atoms with E-state index in [4.69, 9.17) is 5.11 Å². The smallest absolute Gasteiger partial charge is 0.270 e. The van der Waals surface area contributed by atoms with Crippen molar-refractivity contribution in [3.63, 3.8) is 0 Å². The van der Waals surface area contributed by atoms with Gasteiger partial charge in [0.1, 0.15) is 5.69 Å². The highest BCUT2D eigenvalue weighted by Gasteiger charge is 2.06. The van der Waals surface area contributed by atoms with Crippen molar-refractivity contribution in [1.82, 2.24) is 15.3 Å². The summed E-state index contributed by atoms with van der Waals surface area (Å²) in [4.78, 5) is 20.0. The number of aromatic nitrogens is 2. The van der Waals surface area contributed by atoms with E-state index in [0.29, 0.717) is 24.2 Å². The van der Waals surface area contributed by atoms with E-state index in [1.54, 1.807) is 30.7 Å². The zero-order chi connectivity index (χ0) is 14.9. The van der Waals surface area contributed by atoms with Crippen molar-refractivity contribution in [2.45, 2.75) is 13.0 Å². The fourth-order valence-corrected chi connectivity index (χ4v) is 1.60. The highest BCUT2D eigenvalue weighted by molar-refractivity contribution is 5.92. The minimum atomic E-state index is -0.242. The Labute approximate surface area is 123 Å². The van der Waals surface area contributed by atoms with Crippen LogP contribution in [0.5, 0.6) is 0 Å². The maximum atomic E-state index is 11.9. The number of hydrogen-bond donors (Lipinski definition) is 2. The van der Waals surface area contributed by atoms with Crippen molar-refractivity contribution < 1.29 is 9.90 Å². The van der Waals surface area contributed by atoms with Gasteiger partial charge in [0, 0.05) is 37.1 Å². The summed E-state index contributed by atoms with van der Waals surface area (Å²) < 4.78 is 0. The number of carbonyl (C=O) groups excluding carboxylic acids is 1. The van der Waals surface area contributed by atoms with Gasteiger partial charge in [-0.2, -0.15) is 0 Å². The van der Waals surface area contributed by atoms with Crippen molar-refractivity contribution in [3.05, 3.63) is 59.7 Å². The van der Waals surface area contributed by atoms with Crippen LogP contribution in [-0.4, -0.2) is 27.6 Å². The summed E-state index contributed by atoms with van der Waals surface area (Å²) in [7, 11) is 0. The second-order valence-corrected chi connectivity index (χ2v) is 4.25. The summed E-state index contributed by atoms with van der Waals surface area (Å²) in [6.45, 7) is 0.446. The Bertz CT molecular complexity index is 643. The lowest BCUT2D eigenvalue weighted by Crippen LogP contribution is -2.23. The van der Waals surface area contributed by atoms with Crippen LogP contribution in [0.3, 0.4) is 0 Å². The molecule has 0 bridgehead atoms. The molecule has 0 saturated heterocycles. The maximum absolute atomic E-state index is 11.9. The zero-order valence-electron chi connectivity index (χ0n) is 11.4. The number of carbonyl (C=O) groups is 1. The number of aliphatic hydroxyl groups is 1. The van der Waals surface area contributed by atoms with Gasteiger partial charge in [-0.15, -0.1) is 0 Å². The summed E-state index contributed by atoms with van der Waals surface area (Å²) in [5.41, 5.74) is 1.98. The fraction of sp³-hybridized carbons (Fsp3) is 0.188. The Morgan fingerprint density at radius 2 is 2.19 bits per heavy atom. The molecule has 5 heteroatoms. The molecule has 1 amide bonds. The van der Waals surface area contributed by atoms with Crippen LogP contribution < -0.4 is 5.32 Å². The Balaban J connectivity index is 1.92. The second kappa shape index (κ2) is 7.78. The first-order valence-electron chi connectivity index (χ1n) is 6.52. The fourth-order valence-electron chi connectivity index (χ4n) is 1.60. The Hall–Kier alpha value is -2.71. The number of nitrogens with zero attached hydrogens (tertiary/aromatic N) is 2. The first-order valence-corrected chi connectivity index (χ1v) is 6.52. The first-order chi connectivity index (χ1) is 10.3. The van der Waals surface area contributed by atoms with Crippen LogP contribution in [0.4, 0.5) is 0 Å². The summed E-state index contributed by atoms with van der Waals surface area (Å²) in [5, 5.41) is 11.4. The number of pyridine rings is 2. The quantitative estimate of drug-likeness (QED) is 0.824.